The van der Waals surface area contributed by atoms with E-state index in [1.54, 1.807) is 11.8 Å². The van der Waals surface area contributed by atoms with Crippen LogP contribution in [0.1, 0.15) is 25.5 Å². The van der Waals surface area contributed by atoms with E-state index in [1.165, 1.54) is 0 Å². The summed E-state index contributed by atoms with van der Waals surface area (Å²) in [6, 6.07) is 0.0596. The molecule has 3 N–H and O–H groups in total. The monoisotopic (exact) mass is 279 g/mol. The Bertz CT molecular complexity index is 527. The molecule has 1 aromatic heterocycles. The quantitative estimate of drug-likeness (QED) is 0.648. The molecule has 6 nitrogen and oxygen atoms in total. The average Bonchev–Trinajstić information content (AvgIpc) is 2.42. The van der Waals surface area contributed by atoms with Crippen LogP contribution in [0.5, 0.6) is 0 Å². The predicted octanol–water partition coefficient (Wildman–Crippen LogP) is 1.65. The molecule has 0 unspecified atom stereocenters. The number of ether oxygens (including phenoxy) is 1. The SMILES string of the molecule is C=C(c1nc(N)ncc1F)N(C(C)=N)C1CCOCC1. The van der Waals surface area contributed by atoms with E-state index in [2.05, 4.69) is 16.5 Å². The highest BCUT2D eigenvalue weighted by molar-refractivity contribution is 5.86. The van der Waals surface area contributed by atoms with E-state index in [-0.39, 0.29) is 17.7 Å². The molecule has 1 aliphatic rings. The van der Waals surface area contributed by atoms with Crippen LogP contribution in [0.25, 0.3) is 5.70 Å². The summed E-state index contributed by atoms with van der Waals surface area (Å²) in [7, 11) is 0. The summed E-state index contributed by atoms with van der Waals surface area (Å²) in [5.74, 6) is -0.321. The number of rotatable bonds is 3. The van der Waals surface area contributed by atoms with Gasteiger partial charge in [0.1, 0.15) is 5.69 Å². The summed E-state index contributed by atoms with van der Waals surface area (Å²) in [6.07, 6.45) is 2.54. The molecule has 7 heteroatoms. The van der Waals surface area contributed by atoms with Gasteiger partial charge >= 0.3 is 0 Å². The first kappa shape index (κ1) is 14.4. The number of aromatic nitrogens is 2. The maximum atomic E-state index is 13.8. The molecule has 0 atom stereocenters. The van der Waals surface area contributed by atoms with Gasteiger partial charge in [-0.05, 0) is 19.8 Å². The van der Waals surface area contributed by atoms with E-state index in [0.29, 0.717) is 24.7 Å². The van der Waals surface area contributed by atoms with Crippen molar-refractivity contribution in [3.8, 4) is 0 Å². The molecule has 108 valence electrons. The Kier molecular flexibility index (Phi) is 4.29. The van der Waals surface area contributed by atoms with E-state index in [9.17, 15) is 4.39 Å². The van der Waals surface area contributed by atoms with Gasteiger partial charge in [0.15, 0.2) is 5.82 Å². The number of amidine groups is 1. The number of hydrogen-bond donors (Lipinski definition) is 2. The molecule has 1 aliphatic heterocycles. The highest BCUT2D eigenvalue weighted by Crippen LogP contribution is 2.25. The zero-order valence-electron chi connectivity index (χ0n) is 11.4. The maximum absolute atomic E-state index is 13.8. The Balaban J connectivity index is 2.31. The Hall–Kier alpha value is -2.02. The van der Waals surface area contributed by atoms with E-state index in [1.807, 2.05) is 0 Å². The van der Waals surface area contributed by atoms with Crippen LogP contribution in [0.4, 0.5) is 10.3 Å². The largest absolute Gasteiger partial charge is 0.381 e. The number of nitrogens with one attached hydrogen (secondary N) is 1. The molecule has 20 heavy (non-hydrogen) atoms. The third kappa shape index (κ3) is 2.93. The lowest BCUT2D eigenvalue weighted by atomic mass is 10.1. The lowest BCUT2D eigenvalue weighted by molar-refractivity contribution is 0.0657. The Morgan fingerprint density at radius 2 is 2.20 bits per heavy atom. The number of halogens is 1. The van der Waals surface area contributed by atoms with Crippen molar-refractivity contribution in [3.63, 3.8) is 0 Å². The second-order valence-corrected chi connectivity index (χ2v) is 4.67. The van der Waals surface area contributed by atoms with Crippen molar-refractivity contribution in [1.82, 2.24) is 14.9 Å². The van der Waals surface area contributed by atoms with Crippen molar-refractivity contribution < 1.29 is 9.13 Å². The van der Waals surface area contributed by atoms with Crippen molar-refractivity contribution in [1.29, 1.82) is 5.41 Å². The number of nitrogens with two attached hydrogens (primary N) is 1. The maximum Gasteiger partial charge on any atom is 0.220 e. The zero-order valence-corrected chi connectivity index (χ0v) is 11.4. The molecule has 0 aliphatic carbocycles. The number of hydrogen-bond acceptors (Lipinski definition) is 5. The second kappa shape index (κ2) is 5.96. The molecule has 1 aromatic rings. The average molecular weight is 279 g/mol. The van der Waals surface area contributed by atoms with Crippen LogP contribution in [0.15, 0.2) is 12.8 Å². The van der Waals surface area contributed by atoms with Crippen LogP contribution in [-0.4, -0.2) is 40.0 Å². The summed E-state index contributed by atoms with van der Waals surface area (Å²) in [6.45, 7) is 6.77. The number of anilines is 1. The third-order valence-electron chi connectivity index (χ3n) is 3.24. The molecule has 2 rings (SSSR count). The molecule has 0 spiro atoms. The van der Waals surface area contributed by atoms with Crippen LogP contribution in [0.2, 0.25) is 0 Å². The fourth-order valence-corrected chi connectivity index (χ4v) is 2.34. The minimum atomic E-state index is -0.595. The second-order valence-electron chi connectivity index (χ2n) is 4.67. The standard InChI is InChI=1S/C13H18FN5O/c1-8(12-11(14)7-17-13(16)18-12)19(9(2)15)10-3-5-20-6-4-10/h7,10,15H,1,3-6H2,2H3,(H2,16,17,18). The lowest BCUT2D eigenvalue weighted by Gasteiger charge is -2.36. The zero-order chi connectivity index (χ0) is 14.7. The van der Waals surface area contributed by atoms with Crippen LogP contribution >= 0.6 is 0 Å². The smallest absolute Gasteiger partial charge is 0.220 e. The molecule has 0 amide bonds. The van der Waals surface area contributed by atoms with E-state index in [0.717, 1.165) is 19.0 Å². The van der Waals surface area contributed by atoms with Crippen LogP contribution in [0.3, 0.4) is 0 Å². The Morgan fingerprint density at radius 3 is 2.80 bits per heavy atom. The molecule has 0 radical (unpaired) electrons. The minimum absolute atomic E-state index is 0.0166. The van der Waals surface area contributed by atoms with Crippen molar-refractivity contribution in [2.45, 2.75) is 25.8 Å². The molecule has 0 bridgehead atoms. The van der Waals surface area contributed by atoms with Gasteiger partial charge in [-0.1, -0.05) is 6.58 Å². The minimum Gasteiger partial charge on any atom is -0.381 e. The van der Waals surface area contributed by atoms with Gasteiger partial charge in [-0.3, -0.25) is 5.41 Å². The summed E-state index contributed by atoms with van der Waals surface area (Å²) in [5.41, 5.74) is 5.87. The molecular formula is C13H18FN5O. The van der Waals surface area contributed by atoms with Gasteiger partial charge in [-0.15, -0.1) is 0 Å². The van der Waals surface area contributed by atoms with Gasteiger partial charge < -0.3 is 15.4 Å². The van der Waals surface area contributed by atoms with E-state index < -0.39 is 5.82 Å². The Morgan fingerprint density at radius 1 is 1.55 bits per heavy atom. The first-order valence-electron chi connectivity index (χ1n) is 6.40. The topological polar surface area (TPSA) is 88.1 Å². The van der Waals surface area contributed by atoms with Crippen molar-refractivity contribution in [3.05, 3.63) is 24.3 Å². The first-order chi connectivity index (χ1) is 9.50. The normalized spacial score (nSPS) is 15.9. The van der Waals surface area contributed by atoms with E-state index >= 15 is 0 Å². The van der Waals surface area contributed by atoms with Gasteiger partial charge in [0, 0.05) is 19.3 Å². The van der Waals surface area contributed by atoms with Crippen LogP contribution < -0.4 is 5.73 Å². The van der Waals surface area contributed by atoms with Gasteiger partial charge in [0.25, 0.3) is 0 Å². The molecule has 2 heterocycles. The van der Waals surface area contributed by atoms with Crippen molar-refractivity contribution >= 4 is 17.5 Å². The van der Waals surface area contributed by atoms with Crippen LogP contribution in [0, 0.1) is 11.2 Å². The summed E-state index contributed by atoms with van der Waals surface area (Å²) in [4.78, 5) is 9.18. The molecule has 1 saturated heterocycles. The van der Waals surface area contributed by atoms with Crippen molar-refractivity contribution in [2.75, 3.05) is 18.9 Å². The van der Waals surface area contributed by atoms with Gasteiger partial charge in [-0.2, -0.15) is 0 Å². The summed E-state index contributed by atoms with van der Waals surface area (Å²) >= 11 is 0. The van der Waals surface area contributed by atoms with E-state index in [4.69, 9.17) is 15.9 Å². The van der Waals surface area contributed by atoms with Gasteiger partial charge in [0.2, 0.25) is 5.95 Å². The van der Waals surface area contributed by atoms with Gasteiger partial charge in [0.05, 0.1) is 17.7 Å². The fourth-order valence-electron chi connectivity index (χ4n) is 2.34. The molecule has 1 fully saturated rings. The van der Waals surface area contributed by atoms with Gasteiger partial charge in [-0.25, -0.2) is 14.4 Å². The highest BCUT2D eigenvalue weighted by Gasteiger charge is 2.26. The summed E-state index contributed by atoms with van der Waals surface area (Å²) < 4.78 is 19.2. The van der Waals surface area contributed by atoms with Crippen LogP contribution in [-0.2, 0) is 4.74 Å². The van der Waals surface area contributed by atoms with Crippen molar-refractivity contribution in [2.24, 2.45) is 0 Å². The number of nitrogen functional groups attached to an aromatic ring is 1. The highest BCUT2D eigenvalue weighted by atomic mass is 19.1. The molecular weight excluding hydrogens is 261 g/mol. The predicted molar refractivity (Wildman–Crippen MR) is 74.5 cm³/mol. The fraction of sp³-hybridized carbons (Fsp3) is 0.462. The lowest BCUT2D eigenvalue weighted by Crippen LogP contribution is -2.41. The Labute approximate surface area is 117 Å². The first-order valence-corrected chi connectivity index (χ1v) is 6.40. The molecule has 0 aromatic carbocycles. The molecule has 0 saturated carbocycles. The third-order valence-corrected chi connectivity index (χ3v) is 3.24. The summed E-state index contributed by atoms with van der Waals surface area (Å²) in [5, 5.41) is 7.92. The number of nitrogens with zero attached hydrogens (tertiary/aromatic N) is 3.